The van der Waals surface area contributed by atoms with Crippen molar-refractivity contribution in [3.05, 3.63) is 64.3 Å². The average Bonchev–Trinajstić information content (AvgIpc) is 2.90. The van der Waals surface area contributed by atoms with E-state index in [0.29, 0.717) is 23.0 Å². The highest BCUT2D eigenvalue weighted by Crippen LogP contribution is 2.36. The van der Waals surface area contributed by atoms with Crippen LogP contribution >= 0.6 is 22.9 Å². The lowest BCUT2D eigenvalue weighted by atomic mass is 10.2. The quantitative estimate of drug-likeness (QED) is 0.699. The first-order valence-electron chi connectivity index (χ1n) is 7.06. The summed E-state index contributed by atoms with van der Waals surface area (Å²) in [7, 11) is 0. The summed E-state index contributed by atoms with van der Waals surface area (Å²) in [6.07, 6.45) is 3.47. The summed E-state index contributed by atoms with van der Waals surface area (Å²) in [5.74, 6) is -0.0227. The monoisotopic (exact) mass is 330 g/mol. The molecule has 2 heterocycles. The van der Waals surface area contributed by atoms with Crippen LogP contribution in [0.15, 0.2) is 48.8 Å². The first-order valence-corrected chi connectivity index (χ1v) is 8.25. The maximum atomic E-state index is 12.8. The van der Waals surface area contributed by atoms with E-state index in [9.17, 15) is 4.79 Å². The second-order valence-electron chi connectivity index (χ2n) is 4.92. The zero-order valence-corrected chi connectivity index (χ0v) is 13.7. The molecule has 0 atom stereocenters. The average molecular weight is 331 g/mol. The first kappa shape index (κ1) is 15.0. The molecule has 0 fully saturated rings. The van der Waals surface area contributed by atoms with Crippen LogP contribution in [0.2, 0.25) is 5.02 Å². The molecule has 22 heavy (non-hydrogen) atoms. The minimum atomic E-state index is -0.0227. The van der Waals surface area contributed by atoms with Gasteiger partial charge >= 0.3 is 0 Å². The lowest BCUT2D eigenvalue weighted by molar-refractivity contribution is 0.0757. The molecule has 0 aliphatic rings. The van der Waals surface area contributed by atoms with E-state index in [4.69, 9.17) is 11.6 Å². The zero-order valence-electron chi connectivity index (χ0n) is 12.1. The highest BCUT2D eigenvalue weighted by atomic mass is 35.5. The number of hydrogen-bond acceptors (Lipinski definition) is 3. The minimum absolute atomic E-state index is 0.0227. The van der Waals surface area contributed by atoms with Gasteiger partial charge in [-0.1, -0.05) is 29.8 Å². The molecule has 3 rings (SSSR count). The molecular weight excluding hydrogens is 316 g/mol. The van der Waals surface area contributed by atoms with Crippen LogP contribution in [0.5, 0.6) is 0 Å². The van der Waals surface area contributed by atoms with Crippen molar-refractivity contribution < 1.29 is 4.79 Å². The summed E-state index contributed by atoms with van der Waals surface area (Å²) in [4.78, 5) is 19.2. The van der Waals surface area contributed by atoms with E-state index in [1.54, 1.807) is 17.3 Å². The van der Waals surface area contributed by atoms with Crippen LogP contribution in [0.4, 0.5) is 0 Å². The molecule has 1 amide bonds. The number of halogens is 1. The third-order valence-corrected chi connectivity index (χ3v) is 5.18. The summed E-state index contributed by atoms with van der Waals surface area (Å²) < 4.78 is 1.04. The van der Waals surface area contributed by atoms with E-state index in [-0.39, 0.29) is 5.91 Å². The maximum absolute atomic E-state index is 12.8. The molecule has 3 aromatic rings. The molecule has 0 aliphatic carbocycles. The van der Waals surface area contributed by atoms with Gasteiger partial charge in [0.05, 0.1) is 5.02 Å². The van der Waals surface area contributed by atoms with E-state index in [2.05, 4.69) is 4.98 Å². The van der Waals surface area contributed by atoms with Crippen LogP contribution in [0.1, 0.15) is 22.2 Å². The van der Waals surface area contributed by atoms with Crippen molar-refractivity contribution >= 4 is 38.9 Å². The van der Waals surface area contributed by atoms with Crippen molar-refractivity contribution in [2.75, 3.05) is 6.54 Å². The Labute approximate surface area is 138 Å². The zero-order chi connectivity index (χ0) is 15.5. The van der Waals surface area contributed by atoms with Crippen molar-refractivity contribution in [1.82, 2.24) is 9.88 Å². The van der Waals surface area contributed by atoms with Crippen molar-refractivity contribution in [2.45, 2.75) is 13.5 Å². The van der Waals surface area contributed by atoms with Crippen LogP contribution in [0.25, 0.3) is 10.1 Å². The fraction of sp³-hybridized carbons (Fsp3) is 0.176. The van der Waals surface area contributed by atoms with Crippen molar-refractivity contribution in [3.8, 4) is 0 Å². The summed E-state index contributed by atoms with van der Waals surface area (Å²) in [6.45, 7) is 3.16. The Balaban J connectivity index is 1.91. The summed E-state index contributed by atoms with van der Waals surface area (Å²) in [6, 6.07) is 11.7. The molecule has 3 nitrogen and oxygen atoms in total. The Morgan fingerprint density at radius 1 is 1.23 bits per heavy atom. The number of thiophene rings is 1. The standard InChI is InChI=1S/C17H15ClN2OS/c1-2-20(11-12-7-9-19-10-8-12)17(21)16-15(18)13-5-3-4-6-14(13)22-16/h3-10H,2,11H2,1H3. The highest BCUT2D eigenvalue weighted by Gasteiger charge is 2.21. The van der Waals surface area contributed by atoms with E-state index in [0.717, 1.165) is 15.6 Å². The maximum Gasteiger partial charge on any atom is 0.265 e. The fourth-order valence-corrected chi connectivity index (χ4v) is 3.81. The number of carbonyl (C=O) groups excluding carboxylic acids is 1. The van der Waals surface area contributed by atoms with Gasteiger partial charge in [0.15, 0.2) is 0 Å². The molecule has 0 bridgehead atoms. The van der Waals surface area contributed by atoms with Gasteiger partial charge in [-0.25, -0.2) is 0 Å². The van der Waals surface area contributed by atoms with Crippen LogP contribution < -0.4 is 0 Å². The van der Waals surface area contributed by atoms with Crippen molar-refractivity contribution in [1.29, 1.82) is 0 Å². The first-order chi connectivity index (χ1) is 10.7. The van der Waals surface area contributed by atoms with Crippen molar-refractivity contribution in [3.63, 3.8) is 0 Å². The molecule has 0 radical (unpaired) electrons. The van der Waals surface area contributed by atoms with Gasteiger partial charge < -0.3 is 4.90 Å². The number of amides is 1. The van der Waals surface area contributed by atoms with Crippen LogP contribution in [0, 0.1) is 0 Å². The Morgan fingerprint density at radius 2 is 1.95 bits per heavy atom. The number of pyridine rings is 1. The van der Waals surface area contributed by atoms with Gasteiger partial charge in [-0.15, -0.1) is 11.3 Å². The van der Waals surface area contributed by atoms with E-state index >= 15 is 0 Å². The van der Waals surface area contributed by atoms with Crippen LogP contribution in [-0.4, -0.2) is 22.3 Å². The lowest BCUT2D eigenvalue weighted by Crippen LogP contribution is -2.29. The van der Waals surface area contributed by atoms with Gasteiger partial charge in [-0.3, -0.25) is 9.78 Å². The third-order valence-electron chi connectivity index (χ3n) is 3.52. The normalized spacial score (nSPS) is 10.8. The third kappa shape index (κ3) is 2.85. The minimum Gasteiger partial charge on any atom is -0.334 e. The Hall–Kier alpha value is -1.91. The van der Waals surface area contributed by atoms with Gasteiger partial charge in [-0.05, 0) is 30.7 Å². The molecule has 5 heteroatoms. The molecule has 112 valence electrons. The second kappa shape index (κ2) is 6.46. The summed E-state index contributed by atoms with van der Waals surface area (Å²) in [5, 5.41) is 1.50. The number of benzene rings is 1. The second-order valence-corrected chi connectivity index (χ2v) is 6.35. The number of rotatable bonds is 4. The molecule has 2 aromatic heterocycles. The van der Waals surface area contributed by atoms with Crippen LogP contribution in [0.3, 0.4) is 0 Å². The van der Waals surface area contributed by atoms with Gasteiger partial charge in [-0.2, -0.15) is 0 Å². The molecule has 0 spiro atoms. The topological polar surface area (TPSA) is 33.2 Å². The Morgan fingerprint density at radius 3 is 2.64 bits per heavy atom. The number of fused-ring (bicyclic) bond motifs is 1. The van der Waals surface area contributed by atoms with E-state index < -0.39 is 0 Å². The van der Waals surface area contributed by atoms with Gasteiger partial charge in [0.1, 0.15) is 4.88 Å². The largest absolute Gasteiger partial charge is 0.334 e. The Kier molecular flexibility index (Phi) is 4.41. The van der Waals surface area contributed by atoms with Crippen molar-refractivity contribution in [2.24, 2.45) is 0 Å². The van der Waals surface area contributed by atoms with Gasteiger partial charge in [0.2, 0.25) is 0 Å². The molecule has 0 unspecified atom stereocenters. The summed E-state index contributed by atoms with van der Waals surface area (Å²) in [5.41, 5.74) is 1.06. The number of carbonyl (C=O) groups is 1. The summed E-state index contributed by atoms with van der Waals surface area (Å²) >= 11 is 7.86. The molecule has 0 saturated carbocycles. The highest BCUT2D eigenvalue weighted by molar-refractivity contribution is 7.21. The molecular formula is C17H15ClN2OS. The number of nitrogens with zero attached hydrogens (tertiary/aromatic N) is 2. The van der Waals surface area contributed by atoms with Gasteiger partial charge in [0, 0.05) is 35.6 Å². The van der Waals surface area contributed by atoms with E-state index in [1.165, 1.54) is 11.3 Å². The predicted octanol–water partition coefficient (Wildman–Crippen LogP) is 4.61. The van der Waals surface area contributed by atoms with Gasteiger partial charge in [0.25, 0.3) is 5.91 Å². The SMILES string of the molecule is CCN(Cc1ccncc1)C(=O)c1sc2ccccc2c1Cl. The van der Waals surface area contributed by atoms with Crippen LogP contribution in [-0.2, 0) is 6.54 Å². The molecule has 0 saturated heterocycles. The van der Waals surface area contributed by atoms with E-state index in [1.807, 2.05) is 43.3 Å². The fourth-order valence-electron chi connectivity index (χ4n) is 2.33. The number of hydrogen-bond donors (Lipinski definition) is 0. The predicted molar refractivity (Wildman–Crippen MR) is 91.5 cm³/mol. The number of aromatic nitrogens is 1. The lowest BCUT2D eigenvalue weighted by Gasteiger charge is -2.20. The molecule has 0 N–H and O–H groups in total. The smallest absolute Gasteiger partial charge is 0.265 e. The molecule has 0 aliphatic heterocycles. The Bertz CT molecular complexity index is 801. The molecule has 1 aromatic carbocycles.